The lowest BCUT2D eigenvalue weighted by Gasteiger charge is -2.22. The van der Waals surface area contributed by atoms with Gasteiger partial charge in [0.15, 0.2) is 0 Å². The summed E-state index contributed by atoms with van der Waals surface area (Å²) >= 11 is 3.04. The first-order chi connectivity index (χ1) is 8.75. The average Bonchev–Trinajstić information content (AvgIpc) is 2.29. The highest BCUT2D eigenvalue weighted by Crippen LogP contribution is 2.36. The zero-order chi connectivity index (χ0) is 14.6. The third-order valence-electron chi connectivity index (χ3n) is 2.49. The van der Waals surface area contributed by atoms with E-state index in [0.29, 0.717) is 4.47 Å². The summed E-state index contributed by atoms with van der Waals surface area (Å²) in [5.74, 6) is 5.33. The summed E-state index contributed by atoms with van der Waals surface area (Å²) in [6, 6.07) is 3.26. The van der Waals surface area contributed by atoms with E-state index in [-0.39, 0.29) is 18.3 Å². The van der Waals surface area contributed by atoms with Crippen LogP contribution < -0.4 is 11.3 Å². The fourth-order valence-corrected chi connectivity index (χ4v) is 1.96. The number of hydrogen-bond donors (Lipinski definition) is 2. The molecule has 1 unspecified atom stereocenters. The topological polar surface area (TPSA) is 47.3 Å². The van der Waals surface area contributed by atoms with Crippen molar-refractivity contribution in [2.75, 3.05) is 6.61 Å². The Hall–Kier alpha value is -0.630. The summed E-state index contributed by atoms with van der Waals surface area (Å²) < 4.78 is 44.7. The van der Waals surface area contributed by atoms with E-state index < -0.39 is 17.8 Å². The second kappa shape index (κ2) is 6.69. The standard InChI is InChI=1S/C12H16BrF3N2O/c1-7(2)19-6-11(18-17)9-4-3-8(13)5-10(9)12(14,15)16/h3-5,7,11,18H,6,17H2,1-2H3. The number of benzene rings is 1. The van der Waals surface area contributed by atoms with E-state index in [0.717, 1.165) is 6.07 Å². The maximum atomic E-state index is 13.0. The Kier molecular flexibility index (Phi) is 5.79. The molecule has 19 heavy (non-hydrogen) atoms. The Labute approximate surface area is 118 Å². The van der Waals surface area contributed by atoms with Crippen molar-refractivity contribution in [3.05, 3.63) is 33.8 Å². The molecule has 108 valence electrons. The van der Waals surface area contributed by atoms with Gasteiger partial charge in [0.1, 0.15) is 0 Å². The molecule has 0 aliphatic heterocycles. The van der Waals surface area contributed by atoms with Gasteiger partial charge in [-0.15, -0.1) is 0 Å². The first-order valence-electron chi connectivity index (χ1n) is 5.70. The van der Waals surface area contributed by atoms with Crippen LogP contribution in [0.15, 0.2) is 22.7 Å². The quantitative estimate of drug-likeness (QED) is 0.638. The van der Waals surface area contributed by atoms with Gasteiger partial charge in [0.05, 0.1) is 24.3 Å². The Morgan fingerprint density at radius 3 is 2.47 bits per heavy atom. The molecule has 0 fully saturated rings. The molecule has 0 amide bonds. The van der Waals surface area contributed by atoms with Crippen molar-refractivity contribution in [2.45, 2.75) is 32.2 Å². The second-order valence-electron chi connectivity index (χ2n) is 4.33. The van der Waals surface area contributed by atoms with Crippen LogP contribution in [-0.2, 0) is 10.9 Å². The molecule has 0 saturated carbocycles. The number of rotatable bonds is 5. The van der Waals surface area contributed by atoms with Crippen LogP contribution in [-0.4, -0.2) is 12.7 Å². The average molecular weight is 341 g/mol. The zero-order valence-corrected chi connectivity index (χ0v) is 12.2. The fourth-order valence-electron chi connectivity index (χ4n) is 1.59. The van der Waals surface area contributed by atoms with Gasteiger partial charge < -0.3 is 4.74 Å². The molecule has 3 N–H and O–H groups in total. The van der Waals surface area contributed by atoms with E-state index in [1.54, 1.807) is 19.9 Å². The predicted octanol–water partition coefficient (Wildman–Crippen LogP) is 3.40. The summed E-state index contributed by atoms with van der Waals surface area (Å²) in [5, 5.41) is 0. The van der Waals surface area contributed by atoms with E-state index in [4.69, 9.17) is 10.6 Å². The number of halogens is 4. The monoisotopic (exact) mass is 340 g/mol. The van der Waals surface area contributed by atoms with Crippen molar-refractivity contribution >= 4 is 15.9 Å². The minimum atomic E-state index is -4.44. The first kappa shape index (κ1) is 16.4. The Morgan fingerprint density at radius 1 is 1.37 bits per heavy atom. The molecular weight excluding hydrogens is 325 g/mol. The van der Waals surface area contributed by atoms with Crippen LogP contribution in [0, 0.1) is 0 Å². The molecular formula is C12H16BrF3N2O. The summed E-state index contributed by atoms with van der Waals surface area (Å²) in [4.78, 5) is 0. The van der Waals surface area contributed by atoms with Crippen molar-refractivity contribution in [3.8, 4) is 0 Å². The lowest BCUT2D eigenvalue weighted by molar-refractivity contribution is -0.138. The van der Waals surface area contributed by atoms with Crippen molar-refractivity contribution in [1.29, 1.82) is 0 Å². The molecule has 0 aromatic heterocycles. The second-order valence-corrected chi connectivity index (χ2v) is 5.25. The molecule has 0 bridgehead atoms. The highest BCUT2D eigenvalue weighted by molar-refractivity contribution is 9.10. The molecule has 1 aromatic carbocycles. The van der Waals surface area contributed by atoms with Crippen LogP contribution >= 0.6 is 15.9 Å². The van der Waals surface area contributed by atoms with Gasteiger partial charge in [-0.1, -0.05) is 22.0 Å². The van der Waals surface area contributed by atoms with Gasteiger partial charge in [0.2, 0.25) is 0 Å². The van der Waals surface area contributed by atoms with Crippen LogP contribution in [0.25, 0.3) is 0 Å². The molecule has 7 heteroatoms. The Morgan fingerprint density at radius 2 is 2.00 bits per heavy atom. The van der Waals surface area contributed by atoms with Gasteiger partial charge in [-0.3, -0.25) is 11.3 Å². The van der Waals surface area contributed by atoms with Crippen molar-refractivity contribution in [2.24, 2.45) is 5.84 Å². The van der Waals surface area contributed by atoms with Crippen molar-refractivity contribution < 1.29 is 17.9 Å². The maximum Gasteiger partial charge on any atom is 0.416 e. The predicted molar refractivity (Wildman–Crippen MR) is 70.3 cm³/mol. The van der Waals surface area contributed by atoms with Gasteiger partial charge in [0, 0.05) is 4.47 Å². The fraction of sp³-hybridized carbons (Fsp3) is 0.500. The van der Waals surface area contributed by atoms with Crippen LogP contribution in [0.5, 0.6) is 0 Å². The van der Waals surface area contributed by atoms with Crippen LogP contribution in [0.1, 0.15) is 31.0 Å². The Balaban J connectivity index is 3.09. The molecule has 0 radical (unpaired) electrons. The number of hydrogen-bond acceptors (Lipinski definition) is 3. The molecule has 1 atom stereocenters. The number of hydrazine groups is 1. The summed E-state index contributed by atoms with van der Waals surface area (Å²) in [6.45, 7) is 3.68. The van der Waals surface area contributed by atoms with E-state index in [9.17, 15) is 13.2 Å². The largest absolute Gasteiger partial charge is 0.416 e. The first-order valence-corrected chi connectivity index (χ1v) is 6.49. The third-order valence-corrected chi connectivity index (χ3v) is 2.99. The lowest BCUT2D eigenvalue weighted by atomic mass is 10.0. The molecule has 0 saturated heterocycles. The van der Waals surface area contributed by atoms with Gasteiger partial charge in [-0.25, -0.2) is 0 Å². The Bertz CT molecular complexity index is 424. The van der Waals surface area contributed by atoms with Crippen LogP contribution in [0.2, 0.25) is 0 Å². The van der Waals surface area contributed by atoms with Gasteiger partial charge >= 0.3 is 6.18 Å². The normalized spacial score (nSPS) is 13.9. The number of nitrogens with two attached hydrogens (primary N) is 1. The van der Waals surface area contributed by atoms with Gasteiger partial charge in [-0.05, 0) is 31.5 Å². The summed E-state index contributed by atoms with van der Waals surface area (Å²) in [6.07, 6.45) is -4.52. The smallest absolute Gasteiger partial charge is 0.377 e. The summed E-state index contributed by atoms with van der Waals surface area (Å²) in [5.41, 5.74) is 1.71. The van der Waals surface area contributed by atoms with Gasteiger partial charge in [-0.2, -0.15) is 13.2 Å². The van der Waals surface area contributed by atoms with Gasteiger partial charge in [0.25, 0.3) is 0 Å². The number of alkyl halides is 3. The van der Waals surface area contributed by atoms with Crippen molar-refractivity contribution in [3.63, 3.8) is 0 Å². The molecule has 0 heterocycles. The maximum absolute atomic E-state index is 13.0. The number of ether oxygens (including phenoxy) is 1. The lowest BCUT2D eigenvalue weighted by Crippen LogP contribution is -2.33. The molecule has 3 nitrogen and oxygen atoms in total. The molecule has 1 aromatic rings. The highest BCUT2D eigenvalue weighted by Gasteiger charge is 2.35. The molecule has 0 aliphatic rings. The highest BCUT2D eigenvalue weighted by atomic mass is 79.9. The van der Waals surface area contributed by atoms with E-state index in [1.807, 2.05) is 0 Å². The van der Waals surface area contributed by atoms with E-state index >= 15 is 0 Å². The minimum Gasteiger partial charge on any atom is -0.377 e. The SMILES string of the molecule is CC(C)OCC(NN)c1ccc(Br)cc1C(F)(F)F. The number of nitrogens with one attached hydrogen (secondary N) is 1. The third kappa shape index (κ3) is 4.76. The van der Waals surface area contributed by atoms with Crippen LogP contribution in [0.3, 0.4) is 0 Å². The molecule has 1 rings (SSSR count). The van der Waals surface area contributed by atoms with E-state index in [2.05, 4.69) is 21.4 Å². The molecule has 0 aliphatic carbocycles. The van der Waals surface area contributed by atoms with Crippen LogP contribution in [0.4, 0.5) is 13.2 Å². The summed E-state index contributed by atoms with van der Waals surface area (Å²) in [7, 11) is 0. The van der Waals surface area contributed by atoms with E-state index in [1.165, 1.54) is 6.07 Å². The minimum absolute atomic E-state index is 0.0683. The molecule has 0 spiro atoms. The zero-order valence-electron chi connectivity index (χ0n) is 10.6. The van der Waals surface area contributed by atoms with Crippen molar-refractivity contribution in [1.82, 2.24) is 5.43 Å².